The molecule has 68 valence electrons. The van der Waals surface area contributed by atoms with Crippen LogP contribution in [0.2, 0.25) is 10.6 Å². The summed E-state index contributed by atoms with van der Waals surface area (Å²) in [6.07, 6.45) is 0. The molecule has 0 amide bonds. The Balaban J connectivity index is -0.00000000533. The van der Waals surface area contributed by atoms with Crippen LogP contribution in [0.15, 0.2) is 0 Å². The van der Waals surface area contributed by atoms with Crippen LogP contribution in [-0.4, -0.2) is 15.2 Å². The van der Waals surface area contributed by atoms with Crippen molar-refractivity contribution >= 4 is 15.2 Å². The fourth-order valence-corrected chi connectivity index (χ4v) is 0.866. The molecule has 0 saturated heterocycles. The van der Waals surface area contributed by atoms with Crippen LogP contribution in [0.3, 0.4) is 0 Å². The van der Waals surface area contributed by atoms with Gasteiger partial charge in [-0.3, -0.25) is 0 Å². The molecule has 0 unspecified atom stereocenters. The predicted octanol–water partition coefficient (Wildman–Crippen LogP) is -13.4. The van der Waals surface area contributed by atoms with Gasteiger partial charge < -0.3 is 62.0 Å². The van der Waals surface area contributed by atoms with E-state index in [1.807, 2.05) is 0 Å². The van der Waals surface area contributed by atoms with E-state index in [4.69, 9.17) is 0 Å². The molecule has 0 heterocycles. The van der Waals surface area contributed by atoms with Crippen LogP contribution in [-0.2, 0) is 21.7 Å². The van der Waals surface area contributed by atoms with Crippen LogP contribution in [0.4, 0.5) is 0 Å². The minimum atomic E-state index is 0. The third-order valence-corrected chi connectivity index (χ3v) is 1.73. The number of halogens is 5. The Morgan fingerprint density at radius 1 is 0.727 bits per heavy atom. The van der Waals surface area contributed by atoms with Crippen molar-refractivity contribution in [2.24, 2.45) is 0 Å². The molecular weight excluding hydrogens is 300 g/mol. The first-order valence-electron chi connectivity index (χ1n) is 2.23. The molecule has 0 spiro atoms. The van der Waals surface area contributed by atoms with Gasteiger partial charge in [-0.2, -0.15) is 0 Å². The summed E-state index contributed by atoms with van der Waals surface area (Å²) in [6, 6.07) is 0. The van der Waals surface area contributed by atoms with E-state index in [1.54, 1.807) is 0 Å². The maximum Gasteiger partial charge on any atom is 4.00 e. The molecule has 0 fully saturated rings. The van der Waals surface area contributed by atoms with Crippen molar-refractivity contribution in [2.45, 2.75) is 24.4 Å². The van der Waals surface area contributed by atoms with Gasteiger partial charge in [-0.05, 0) is 0 Å². The summed E-state index contributed by atoms with van der Waals surface area (Å²) in [5, 5.41) is 2.85. The summed E-state index contributed by atoms with van der Waals surface area (Å²) in [4.78, 5) is 0. The van der Waals surface area contributed by atoms with E-state index in [0.29, 0.717) is 0 Å². The van der Waals surface area contributed by atoms with E-state index in [1.165, 1.54) is 10.6 Å². The smallest absolute Gasteiger partial charge is 1.00 e. The monoisotopic (exact) mass is 308 g/mol. The first-order valence-corrected chi connectivity index (χ1v) is 3.86. The van der Waals surface area contributed by atoms with Gasteiger partial charge in [0.05, 0.1) is 0 Å². The van der Waals surface area contributed by atoms with Crippen molar-refractivity contribution < 1.29 is 83.8 Å². The zero-order valence-corrected chi connectivity index (χ0v) is 12.9. The van der Waals surface area contributed by atoms with Crippen molar-refractivity contribution in [3.8, 4) is 0 Å². The fraction of sp³-hybridized carbons (Fsp3) is 1.00. The quantitative estimate of drug-likeness (QED) is 0.445. The molecule has 0 atom stereocenters. The molecule has 0 aromatic carbocycles. The molecule has 0 nitrogen and oxygen atoms in total. The maximum absolute atomic E-state index is 2.25. The number of hydrogen-bond acceptors (Lipinski definition) is 0. The Bertz CT molecular complexity index is 26.0. The Morgan fingerprint density at radius 3 is 0.909 bits per heavy atom. The zero-order chi connectivity index (χ0) is 4.12. The summed E-state index contributed by atoms with van der Waals surface area (Å²) in [6.45, 7) is 4.50. The van der Waals surface area contributed by atoms with Crippen LogP contribution in [0, 0.1) is 0 Å². The standard InChI is InChI=1S/2C2H5.Al.5ClH.Ti/c2*1-2;;;;;;;/h2*1H2,2H3;;5*1H;/q;;+1;;;;;;+4/p-5. The Kier molecular flexibility index (Phi) is 240. The van der Waals surface area contributed by atoms with Gasteiger partial charge in [-0.15, -0.1) is 0 Å². The van der Waals surface area contributed by atoms with Gasteiger partial charge in [-0.1, -0.05) is 0 Å². The topological polar surface area (TPSA) is 0 Å². The zero-order valence-electron chi connectivity index (χ0n) is 6.38. The van der Waals surface area contributed by atoms with E-state index < -0.39 is 0 Å². The molecular formula is C4H10AlCl5Ti. The summed E-state index contributed by atoms with van der Waals surface area (Å²) >= 11 is 0.815. The minimum Gasteiger partial charge on any atom is -1.00 e. The number of rotatable bonds is 2. The molecule has 0 N–H and O–H groups in total. The Morgan fingerprint density at radius 2 is 0.909 bits per heavy atom. The van der Waals surface area contributed by atoms with Gasteiger partial charge in [0.1, 0.15) is 0 Å². The molecule has 0 rings (SSSR count). The van der Waals surface area contributed by atoms with Gasteiger partial charge in [0.15, 0.2) is 0 Å². The summed E-state index contributed by atoms with van der Waals surface area (Å²) in [7, 11) is 0. The average Bonchev–Trinajstić information content (AvgIpc) is 1.41. The van der Waals surface area contributed by atoms with E-state index in [9.17, 15) is 0 Å². The molecule has 7 heteroatoms. The van der Waals surface area contributed by atoms with Gasteiger partial charge >= 0.3 is 61.4 Å². The van der Waals surface area contributed by atoms with Gasteiger partial charge in [0.2, 0.25) is 0 Å². The molecule has 0 aromatic rings. The SMILES string of the molecule is C[CH2][Al+][CH2]C.[Cl-].[Cl-].[Cl-].[Cl-].[Cl-].[Ti+4]. The van der Waals surface area contributed by atoms with Crippen molar-refractivity contribution in [2.75, 3.05) is 0 Å². The molecule has 0 aliphatic carbocycles. The Hall–Kier alpha value is 2.70. The molecule has 0 aromatic heterocycles. The third kappa shape index (κ3) is 65.9. The summed E-state index contributed by atoms with van der Waals surface area (Å²) in [5.74, 6) is 0. The van der Waals surface area contributed by atoms with Crippen molar-refractivity contribution in [3.05, 3.63) is 0 Å². The fourth-order valence-electron chi connectivity index (χ4n) is 0.289. The van der Waals surface area contributed by atoms with Crippen LogP contribution in [0.1, 0.15) is 13.8 Å². The molecule has 0 radical (unpaired) electrons. The summed E-state index contributed by atoms with van der Waals surface area (Å²) in [5.41, 5.74) is 0. The van der Waals surface area contributed by atoms with Crippen LogP contribution in [0.25, 0.3) is 0 Å². The van der Waals surface area contributed by atoms with E-state index in [2.05, 4.69) is 13.8 Å². The molecule has 11 heavy (non-hydrogen) atoms. The van der Waals surface area contributed by atoms with Gasteiger partial charge in [-0.25, -0.2) is 0 Å². The molecule has 0 saturated carbocycles. The van der Waals surface area contributed by atoms with Crippen LogP contribution >= 0.6 is 0 Å². The normalized spacial score (nSPS) is 3.09. The van der Waals surface area contributed by atoms with E-state index in [0.717, 1.165) is 15.2 Å². The maximum atomic E-state index is 2.25. The molecule has 0 aliphatic heterocycles. The molecule has 0 aliphatic rings. The van der Waals surface area contributed by atoms with Crippen LogP contribution < -0.4 is 62.0 Å². The van der Waals surface area contributed by atoms with Gasteiger partial charge in [0.25, 0.3) is 0 Å². The second-order valence-corrected chi connectivity index (χ2v) is 3.32. The van der Waals surface area contributed by atoms with Gasteiger partial charge in [0, 0.05) is 0 Å². The van der Waals surface area contributed by atoms with Crippen molar-refractivity contribution in [1.82, 2.24) is 0 Å². The second-order valence-electron chi connectivity index (χ2n) is 1.11. The predicted molar refractivity (Wildman–Crippen MR) is 26.7 cm³/mol. The Labute approximate surface area is 122 Å². The first-order chi connectivity index (χ1) is 2.41. The third-order valence-electron chi connectivity index (χ3n) is 0.577. The molecule has 0 bridgehead atoms. The van der Waals surface area contributed by atoms with E-state index >= 15 is 0 Å². The van der Waals surface area contributed by atoms with E-state index in [-0.39, 0.29) is 83.8 Å². The van der Waals surface area contributed by atoms with Crippen molar-refractivity contribution in [1.29, 1.82) is 0 Å². The first kappa shape index (κ1) is 49.2. The number of hydrogen-bond donors (Lipinski definition) is 0. The largest absolute Gasteiger partial charge is 4.00 e. The minimum absolute atomic E-state index is 0. The van der Waals surface area contributed by atoms with Crippen LogP contribution in [0.5, 0.6) is 0 Å². The summed E-state index contributed by atoms with van der Waals surface area (Å²) < 4.78 is 0. The second kappa shape index (κ2) is 53.5. The average molecular weight is 310 g/mol. The van der Waals surface area contributed by atoms with Crippen molar-refractivity contribution in [3.63, 3.8) is 0 Å².